The molecule has 6 heteroatoms. The monoisotopic (exact) mass is 434 g/mol. The molecule has 3 heterocycles. The first-order valence-corrected chi connectivity index (χ1v) is 11.5. The molecule has 0 radical (unpaired) electrons. The van der Waals surface area contributed by atoms with Crippen LogP contribution < -0.4 is 0 Å². The highest BCUT2D eigenvalue weighted by Crippen LogP contribution is 2.51. The first-order chi connectivity index (χ1) is 13.8. The van der Waals surface area contributed by atoms with E-state index < -0.39 is 11.4 Å². The van der Waals surface area contributed by atoms with E-state index in [1.807, 2.05) is 34.6 Å². The van der Waals surface area contributed by atoms with Crippen LogP contribution in [0.1, 0.15) is 54.9 Å². The molecule has 0 aromatic heterocycles. The van der Waals surface area contributed by atoms with Crippen LogP contribution in [0.3, 0.4) is 0 Å². The fourth-order valence-corrected chi connectivity index (χ4v) is 5.05. The average Bonchev–Trinajstić information content (AvgIpc) is 3.39. The minimum absolute atomic E-state index is 0.00294. The Labute approximate surface area is 184 Å². The van der Waals surface area contributed by atoms with E-state index in [1.54, 1.807) is 6.08 Å². The van der Waals surface area contributed by atoms with Crippen molar-refractivity contribution in [3.8, 4) is 0 Å². The third kappa shape index (κ3) is 5.16. The van der Waals surface area contributed by atoms with Crippen molar-refractivity contribution in [2.45, 2.75) is 83.2 Å². The number of epoxide rings is 1. The molecule has 2 bridgehead atoms. The summed E-state index contributed by atoms with van der Waals surface area (Å²) in [5.41, 5.74) is 0.516. The molecule has 3 aliphatic rings. The van der Waals surface area contributed by atoms with Crippen molar-refractivity contribution in [2.75, 3.05) is 6.61 Å². The molecule has 0 aromatic carbocycles. The lowest BCUT2D eigenvalue weighted by atomic mass is 9.82. The zero-order valence-corrected chi connectivity index (χ0v) is 19.9. The molecule has 3 rings (SSSR count). The Kier molecular flexibility index (Phi) is 6.55. The summed E-state index contributed by atoms with van der Waals surface area (Å²) in [6, 6.07) is 0. The number of ether oxygens (including phenoxy) is 3. The summed E-state index contributed by atoms with van der Waals surface area (Å²) >= 11 is 1.21. The van der Waals surface area contributed by atoms with E-state index in [-0.39, 0.29) is 46.1 Å². The number of allylic oxidation sites excluding steroid dienone is 3. The van der Waals surface area contributed by atoms with E-state index >= 15 is 0 Å². The second-order valence-corrected chi connectivity index (χ2v) is 11.7. The zero-order chi connectivity index (χ0) is 22.3. The molecule has 0 amide bonds. The van der Waals surface area contributed by atoms with E-state index in [2.05, 4.69) is 32.1 Å². The normalized spacial score (nSPS) is 36.9. The van der Waals surface area contributed by atoms with Crippen LogP contribution >= 0.6 is 11.8 Å². The van der Waals surface area contributed by atoms with Crippen LogP contribution in [-0.4, -0.2) is 45.8 Å². The molecule has 0 N–H and O–H groups in total. The van der Waals surface area contributed by atoms with Crippen molar-refractivity contribution in [2.24, 2.45) is 11.8 Å². The summed E-state index contributed by atoms with van der Waals surface area (Å²) in [5.74, 6) is -0.614. The number of rotatable bonds is 6. The maximum absolute atomic E-state index is 12.1. The largest absolute Gasteiger partial charge is 0.359 e. The molecule has 1 spiro atoms. The van der Waals surface area contributed by atoms with Crippen molar-refractivity contribution >= 4 is 22.7 Å². The van der Waals surface area contributed by atoms with Crippen LogP contribution in [-0.2, 0) is 23.8 Å². The van der Waals surface area contributed by atoms with E-state index in [1.165, 1.54) is 17.8 Å². The lowest BCUT2D eigenvalue weighted by molar-refractivity contribution is -0.346. The molecule has 3 aliphatic heterocycles. The Morgan fingerprint density at radius 1 is 1.27 bits per heavy atom. The SMILES string of the molecule is CC(/C=C/C(=O)CC(=O)SC(C)(C)C)=C\[C@@H](C)C1OC2(C)OC(C=CC23CO3)C1C. The summed E-state index contributed by atoms with van der Waals surface area (Å²) in [7, 11) is 0. The predicted octanol–water partition coefficient (Wildman–Crippen LogP) is 4.62. The number of ketones is 1. The molecule has 5 nitrogen and oxygen atoms in total. The molecule has 2 saturated heterocycles. The van der Waals surface area contributed by atoms with Gasteiger partial charge in [-0.1, -0.05) is 70.2 Å². The lowest BCUT2D eigenvalue weighted by Crippen LogP contribution is -2.61. The molecule has 0 aromatic rings. The van der Waals surface area contributed by atoms with Crippen LogP contribution in [0, 0.1) is 11.8 Å². The first-order valence-electron chi connectivity index (χ1n) is 10.6. The van der Waals surface area contributed by atoms with Crippen LogP contribution in [0.2, 0.25) is 0 Å². The highest BCUT2D eigenvalue weighted by molar-refractivity contribution is 8.14. The van der Waals surface area contributed by atoms with Gasteiger partial charge in [0.15, 0.2) is 16.5 Å². The molecular formula is C24H34O5S. The second-order valence-electron chi connectivity index (χ2n) is 9.84. The lowest BCUT2D eigenvalue weighted by Gasteiger charge is -2.51. The topological polar surface area (TPSA) is 65.1 Å². The number of carbonyl (C=O) groups excluding carboxylic acids is 2. The van der Waals surface area contributed by atoms with E-state index in [4.69, 9.17) is 14.2 Å². The number of fused-ring (bicyclic) bond motifs is 3. The van der Waals surface area contributed by atoms with Gasteiger partial charge >= 0.3 is 0 Å². The van der Waals surface area contributed by atoms with Gasteiger partial charge in [-0.05, 0) is 26.0 Å². The predicted molar refractivity (Wildman–Crippen MR) is 119 cm³/mol. The van der Waals surface area contributed by atoms with Crippen molar-refractivity contribution < 1.29 is 23.8 Å². The van der Waals surface area contributed by atoms with Crippen molar-refractivity contribution in [1.82, 2.24) is 0 Å². The van der Waals surface area contributed by atoms with Crippen molar-refractivity contribution in [1.29, 1.82) is 0 Å². The van der Waals surface area contributed by atoms with Gasteiger partial charge < -0.3 is 14.2 Å². The summed E-state index contributed by atoms with van der Waals surface area (Å²) < 4.78 is 18.1. The molecule has 2 fully saturated rings. The van der Waals surface area contributed by atoms with Gasteiger partial charge in [-0.2, -0.15) is 0 Å². The quantitative estimate of drug-likeness (QED) is 0.200. The number of carbonyl (C=O) groups is 2. The number of hydrogen-bond acceptors (Lipinski definition) is 6. The first kappa shape index (κ1) is 23.5. The minimum Gasteiger partial charge on any atom is -0.359 e. The molecule has 0 aliphatic carbocycles. The fraction of sp³-hybridized carbons (Fsp3) is 0.667. The van der Waals surface area contributed by atoms with Crippen molar-refractivity contribution in [3.63, 3.8) is 0 Å². The van der Waals surface area contributed by atoms with Crippen LogP contribution in [0.15, 0.2) is 36.0 Å². The maximum Gasteiger partial charge on any atom is 0.201 e. The van der Waals surface area contributed by atoms with Gasteiger partial charge in [-0.15, -0.1) is 0 Å². The standard InChI is InChI=1S/C24H34O5S/c1-15(8-9-18(25)13-20(26)30-22(4,5)6)12-16(2)21-17(3)19-10-11-24(14-27-24)23(7,28-19)29-21/h8-12,16-17,19,21H,13-14H2,1-7H3/b9-8+,15-12+/t16-,17?,19?,21?,23?,24?/m1/s1. The fourth-order valence-electron chi connectivity index (χ4n) is 4.15. The van der Waals surface area contributed by atoms with Crippen molar-refractivity contribution in [3.05, 3.63) is 36.0 Å². The van der Waals surface area contributed by atoms with Crippen LogP contribution in [0.25, 0.3) is 0 Å². The van der Waals surface area contributed by atoms with Gasteiger partial charge in [0, 0.05) is 16.6 Å². The Balaban J connectivity index is 1.61. The average molecular weight is 435 g/mol. The third-order valence-corrected chi connectivity index (χ3v) is 6.84. The molecule has 6 atom stereocenters. The Hall–Kier alpha value is -1.21. The summed E-state index contributed by atoms with van der Waals surface area (Å²) in [6.07, 6.45) is 9.50. The summed E-state index contributed by atoms with van der Waals surface area (Å²) in [4.78, 5) is 24.1. The van der Waals surface area contributed by atoms with E-state index in [0.29, 0.717) is 6.61 Å². The molecular weight excluding hydrogens is 400 g/mol. The van der Waals surface area contributed by atoms with Gasteiger partial charge in [0.25, 0.3) is 0 Å². The third-order valence-electron chi connectivity index (χ3n) is 5.85. The Morgan fingerprint density at radius 2 is 1.93 bits per heavy atom. The minimum atomic E-state index is -0.767. The molecule has 5 unspecified atom stereocenters. The summed E-state index contributed by atoms with van der Waals surface area (Å²) in [5, 5.41) is -0.0966. The van der Waals surface area contributed by atoms with Gasteiger partial charge in [-0.3, -0.25) is 9.59 Å². The highest BCUT2D eigenvalue weighted by atomic mass is 32.2. The molecule has 30 heavy (non-hydrogen) atoms. The van der Waals surface area contributed by atoms with E-state index in [0.717, 1.165) is 5.57 Å². The molecule has 166 valence electrons. The zero-order valence-electron chi connectivity index (χ0n) is 19.1. The van der Waals surface area contributed by atoms with E-state index in [9.17, 15) is 9.59 Å². The van der Waals surface area contributed by atoms with Crippen LogP contribution in [0.4, 0.5) is 0 Å². The second kappa shape index (κ2) is 8.38. The van der Waals surface area contributed by atoms with Gasteiger partial charge in [0.1, 0.15) is 0 Å². The van der Waals surface area contributed by atoms with Gasteiger partial charge in [-0.25, -0.2) is 0 Å². The maximum atomic E-state index is 12.1. The number of hydrogen-bond donors (Lipinski definition) is 0. The molecule has 0 saturated carbocycles. The summed E-state index contributed by atoms with van der Waals surface area (Å²) in [6.45, 7) is 14.7. The highest BCUT2D eigenvalue weighted by Gasteiger charge is 2.65. The smallest absolute Gasteiger partial charge is 0.201 e. The Bertz CT molecular complexity index is 786. The number of thioether (sulfide) groups is 1. The van der Waals surface area contributed by atoms with Gasteiger partial charge in [0.2, 0.25) is 5.79 Å². The van der Waals surface area contributed by atoms with Gasteiger partial charge in [0.05, 0.1) is 25.2 Å². The Morgan fingerprint density at radius 3 is 2.53 bits per heavy atom. The van der Waals surface area contributed by atoms with Crippen LogP contribution in [0.5, 0.6) is 0 Å².